The van der Waals surface area contributed by atoms with E-state index in [0.29, 0.717) is 11.8 Å². The van der Waals surface area contributed by atoms with E-state index in [1.807, 2.05) is 12.1 Å². The van der Waals surface area contributed by atoms with Crippen molar-refractivity contribution in [2.45, 2.75) is 31.7 Å². The molecular weight excluding hydrogens is 240 g/mol. The van der Waals surface area contributed by atoms with Gasteiger partial charge in [-0.25, -0.2) is 0 Å². The molecule has 4 heteroatoms. The number of aromatic hydroxyl groups is 1. The van der Waals surface area contributed by atoms with Crippen LogP contribution in [0.1, 0.15) is 36.4 Å². The molecule has 0 bridgehead atoms. The molecule has 0 aromatic heterocycles. The Labute approximate surface area is 113 Å². The number of hydrogen-bond donors (Lipinski definition) is 2. The van der Waals surface area contributed by atoms with E-state index in [0.717, 1.165) is 32.4 Å². The summed E-state index contributed by atoms with van der Waals surface area (Å²) < 4.78 is 0. The number of phenols is 1. The van der Waals surface area contributed by atoms with Crippen LogP contribution in [0.15, 0.2) is 18.2 Å². The Morgan fingerprint density at radius 1 is 1.37 bits per heavy atom. The second-order valence-corrected chi connectivity index (χ2v) is 5.67. The van der Waals surface area contributed by atoms with Gasteiger partial charge in [-0.05, 0) is 55.5 Å². The normalized spacial score (nSPS) is 27.2. The van der Waals surface area contributed by atoms with Crippen molar-refractivity contribution in [1.82, 2.24) is 4.90 Å². The summed E-state index contributed by atoms with van der Waals surface area (Å²) in [6.07, 6.45) is 4.21. The molecule has 1 saturated heterocycles. The van der Waals surface area contributed by atoms with Gasteiger partial charge in [-0.3, -0.25) is 9.69 Å². The van der Waals surface area contributed by atoms with Gasteiger partial charge in [-0.2, -0.15) is 0 Å². The number of primary amides is 1. The Hall–Kier alpha value is -1.55. The van der Waals surface area contributed by atoms with E-state index in [9.17, 15) is 9.90 Å². The predicted octanol–water partition coefficient (Wildman–Crippen LogP) is 1.58. The van der Waals surface area contributed by atoms with Crippen molar-refractivity contribution in [3.8, 4) is 5.75 Å². The molecule has 2 aliphatic rings. The van der Waals surface area contributed by atoms with Gasteiger partial charge in [0, 0.05) is 12.6 Å². The lowest BCUT2D eigenvalue weighted by Crippen LogP contribution is -2.32. The largest absolute Gasteiger partial charge is 0.508 e. The first-order valence-electron chi connectivity index (χ1n) is 7.00. The van der Waals surface area contributed by atoms with E-state index in [-0.39, 0.29) is 11.8 Å². The fourth-order valence-electron chi connectivity index (χ4n) is 3.44. The number of aryl methyl sites for hydroxylation is 1. The van der Waals surface area contributed by atoms with E-state index < -0.39 is 0 Å². The van der Waals surface area contributed by atoms with Gasteiger partial charge in [0.2, 0.25) is 5.91 Å². The zero-order chi connectivity index (χ0) is 13.4. The highest BCUT2D eigenvalue weighted by molar-refractivity contribution is 5.77. The lowest BCUT2D eigenvalue weighted by molar-refractivity contribution is -0.121. The fourth-order valence-corrected chi connectivity index (χ4v) is 3.44. The van der Waals surface area contributed by atoms with E-state index >= 15 is 0 Å². The van der Waals surface area contributed by atoms with Crippen LogP contribution >= 0.6 is 0 Å². The third-order valence-electron chi connectivity index (χ3n) is 4.47. The Balaban J connectivity index is 1.84. The van der Waals surface area contributed by atoms with Crippen molar-refractivity contribution in [1.29, 1.82) is 0 Å². The maximum atomic E-state index is 11.3. The minimum absolute atomic E-state index is 0.0114. The van der Waals surface area contributed by atoms with Crippen LogP contribution < -0.4 is 5.73 Å². The fraction of sp³-hybridized carbons (Fsp3) is 0.533. The number of nitrogens with zero attached hydrogens (tertiary/aromatic N) is 1. The zero-order valence-corrected chi connectivity index (χ0v) is 11.0. The number of carbonyl (C=O) groups excluding carboxylic acids is 1. The summed E-state index contributed by atoms with van der Waals surface area (Å²) >= 11 is 0. The third-order valence-corrected chi connectivity index (χ3v) is 4.47. The molecular formula is C15H20N2O2. The van der Waals surface area contributed by atoms with Crippen LogP contribution in [0.5, 0.6) is 5.75 Å². The Morgan fingerprint density at radius 2 is 2.21 bits per heavy atom. The quantitative estimate of drug-likeness (QED) is 0.848. The number of fused-ring (bicyclic) bond motifs is 1. The van der Waals surface area contributed by atoms with Gasteiger partial charge in [-0.15, -0.1) is 0 Å². The topological polar surface area (TPSA) is 66.6 Å². The molecule has 1 aliphatic carbocycles. The molecule has 3 N–H and O–H groups in total. The Bertz CT molecular complexity index is 501. The summed E-state index contributed by atoms with van der Waals surface area (Å²) in [7, 11) is 0. The van der Waals surface area contributed by atoms with Crippen molar-refractivity contribution in [3.63, 3.8) is 0 Å². The van der Waals surface area contributed by atoms with Crippen LogP contribution in [0.25, 0.3) is 0 Å². The number of benzene rings is 1. The van der Waals surface area contributed by atoms with Gasteiger partial charge in [0.15, 0.2) is 0 Å². The van der Waals surface area contributed by atoms with E-state index in [4.69, 9.17) is 5.73 Å². The molecule has 0 radical (unpaired) electrons. The van der Waals surface area contributed by atoms with Crippen molar-refractivity contribution >= 4 is 5.91 Å². The number of nitrogens with two attached hydrogens (primary N) is 1. The average Bonchev–Trinajstić information content (AvgIpc) is 2.87. The average molecular weight is 260 g/mol. The summed E-state index contributed by atoms with van der Waals surface area (Å²) in [5, 5.41) is 9.70. The van der Waals surface area contributed by atoms with Gasteiger partial charge in [-0.1, -0.05) is 6.07 Å². The second-order valence-electron chi connectivity index (χ2n) is 5.67. The monoisotopic (exact) mass is 260 g/mol. The van der Waals surface area contributed by atoms with Crippen LogP contribution in [0.3, 0.4) is 0 Å². The molecule has 0 saturated carbocycles. The number of hydrogen-bond acceptors (Lipinski definition) is 3. The molecule has 1 aromatic carbocycles. The summed E-state index contributed by atoms with van der Waals surface area (Å²) in [4.78, 5) is 13.6. The van der Waals surface area contributed by atoms with E-state index in [2.05, 4.69) is 4.90 Å². The lowest BCUT2D eigenvalue weighted by Gasteiger charge is -2.33. The minimum atomic E-state index is -0.186. The summed E-state index contributed by atoms with van der Waals surface area (Å²) in [5.74, 6) is 0.133. The Morgan fingerprint density at radius 3 is 2.95 bits per heavy atom. The SMILES string of the molecule is NC(=O)C1CCN(C2CCCc3ccc(O)cc32)C1. The number of carbonyl (C=O) groups is 1. The van der Waals surface area contributed by atoms with Crippen LogP contribution in [-0.2, 0) is 11.2 Å². The van der Waals surface area contributed by atoms with Crippen molar-refractivity contribution in [3.05, 3.63) is 29.3 Å². The highest BCUT2D eigenvalue weighted by atomic mass is 16.3. The maximum Gasteiger partial charge on any atom is 0.221 e. The molecule has 1 aromatic rings. The van der Waals surface area contributed by atoms with Crippen LogP contribution in [0, 0.1) is 5.92 Å². The van der Waals surface area contributed by atoms with E-state index in [1.54, 1.807) is 6.07 Å². The lowest BCUT2D eigenvalue weighted by atomic mass is 9.86. The molecule has 0 spiro atoms. The minimum Gasteiger partial charge on any atom is -0.508 e. The Kier molecular flexibility index (Phi) is 3.19. The van der Waals surface area contributed by atoms with Crippen LogP contribution in [0.4, 0.5) is 0 Å². The number of amides is 1. The van der Waals surface area contributed by atoms with Crippen molar-refractivity contribution < 1.29 is 9.90 Å². The molecule has 19 heavy (non-hydrogen) atoms. The first-order valence-corrected chi connectivity index (χ1v) is 7.00. The maximum absolute atomic E-state index is 11.3. The second kappa shape index (κ2) is 4.85. The zero-order valence-electron chi connectivity index (χ0n) is 11.0. The predicted molar refractivity (Wildman–Crippen MR) is 72.7 cm³/mol. The van der Waals surface area contributed by atoms with E-state index in [1.165, 1.54) is 17.5 Å². The molecule has 1 amide bonds. The van der Waals surface area contributed by atoms with Gasteiger partial charge in [0.25, 0.3) is 0 Å². The van der Waals surface area contributed by atoms with Crippen LogP contribution in [0.2, 0.25) is 0 Å². The van der Waals surface area contributed by atoms with Gasteiger partial charge in [0.1, 0.15) is 5.75 Å². The molecule has 2 atom stereocenters. The number of phenolic OH excluding ortho intramolecular Hbond substituents is 1. The molecule has 1 fully saturated rings. The van der Waals surface area contributed by atoms with Gasteiger partial charge >= 0.3 is 0 Å². The van der Waals surface area contributed by atoms with Crippen molar-refractivity contribution in [2.75, 3.05) is 13.1 Å². The first-order chi connectivity index (χ1) is 9.15. The highest BCUT2D eigenvalue weighted by Crippen LogP contribution is 2.38. The molecule has 3 rings (SSSR count). The molecule has 2 unspecified atom stereocenters. The molecule has 1 aliphatic heterocycles. The van der Waals surface area contributed by atoms with Gasteiger partial charge < -0.3 is 10.8 Å². The van der Waals surface area contributed by atoms with Crippen molar-refractivity contribution in [2.24, 2.45) is 11.7 Å². The summed E-state index contributed by atoms with van der Waals surface area (Å²) in [6, 6.07) is 6.01. The summed E-state index contributed by atoms with van der Waals surface area (Å²) in [5.41, 5.74) is 7.97. The molecule has 4 nitrogen and oxygen atoms in total. The smallest absolute Gasteiger partial charge is 0.221 e. The third kappa shape index (κ3) is 2.32. The van der Waals surface area contributed by atoms with Crippen LogP contribution in [-0.4, -0.2) is 29.0 Å². The highest BCUT2D eigenvalue weighted by Gasteiger charge is 2.33. The summed E-state index contributed by atoms with van der Waals surface area (Å²) in [6.45, 7) is 1.68. The van der Waals surface area contributed by atoms with Gasteiger partial charge in [0.05, 0.1) is 5.92 Å². The molecule has 102 valence electrons. The number of rotatable bonds is 2. The first kappa shape index (κ1) is 12.5. The standard InChI is InChI=1S/C15H20N2O2/c16-15(19)11-6-7-17(9-11)14-3-1-2-10-4-5-12(18)8-13(10)14/h4-5,8,11,14,18H,1-3,6-7,9H2,(H2,16,19). The number of likely N-dealkylation sites (tertiary alicyclic amines) is 1. The molecule has 1 heterocycles.